The summed E-state index contributed by atoms with van der Waals surface area (Å²) in [5.41, 5.74) is -2.66. The van der Waals surface area contributed by atoms with Gasteiger partial charge in [0.15, 0.2) is 10.8 Å². The zero-order chi connectivity index (χ0) is 41.2. The van der Waals surface area contributed by atoms with Crippen LogP contribution in [-0.2, 0) is 20.4 Å². The summed E-state index contributed by atoms with van der Waals surface area (Å²) in [7, 11) is -0.892. The fourth-order valence-electron chi connectivity index (χ4n) is 6.75. The molecule has 0 heterocycles. The Morgan fingerprint density at radius 3 is 0.902 bits per heavy atom. The second-order valence-corrected chi connectivity index (χ2v) is 17.8. The normalized spacial score (nSPS) is 13.7. The molecule has 1 saturated carbocycles. The molecule has 1 fully saturated rings. The molecule has 1 aliphatic rings. The number of nitriles is 4. The Balaban J connectivity index is 0.000000198. The van der Waals surface area contributed by atoms with Crippen LogP contribution in [0.25, 0.3) is 0 Å². The number of nitrogens with zero attached hydrogens (tertiary/aromatic N) is 4. The molecule has 0 N–H and O–H groups in total. The van der Waals surface area contributed by atoms with Crippen molar-refractivity contribution in [2.45, 2.75) is 6.42 Å². The first-order valence-corrected chi connectivity index (χ1v) is 21.7. The van der Waals surface area contributed by atoms with Gasteiger partial charge in [-0.05, 0) is 72.6 Å². The van der Waals surface area contributed by atoms with Crippen molar-refractivity contribution in [2.75, 3.05) is 0 Å². The molecular weight excluding hydrogens is 896 g/mol. The maximum absolute atomic E-state index is 9.42. The molecule has 61 heavy (non-hydrogen) atoms. The zero-order valence-corrected chi connectivity index (χ0v) is 37.0. The number of hydrogen-bond donors (Lipinski definition) is 0. The van der Waals surface area contributed by atoms with E-state index >= 15 is 0 Å². The van der Waals surface area contributed by atoms with Gasteiger partial charge in [0.05, 0.1) is 30.2 Å². The fraction of sp³-hybridized carbons (Fsp3) is 0.0755. The van der Waals surface area contributed by atoms with Gasteiger partial charge in [-0.2, -0.15) is 21.0 Å². The van der Waals surface area contributed by atoms with E-state index in [0.717, 1.165) is 5.56 Å². The van der Waals surface area contributed by atoms with Crippen molar-refractivity contribution in [3.8, 4) is 36.1 Å². The number of hydrogen-bond acceptors (Lipinski definition) is 4. The van der Waals surface area contributed by atoms with E-state index in [-0.39, 0.29) is 39.3 Å². The van der Waals surface area contributed by atoms with E-state index in [0.29, 0.717) is 0 Å². The third-order valence-corrected chi connectivity index (χ3v) is 14.7. The molecule has 7 aromatic carbocycles. The van der Waals surface area contributed by atoms with Crippen molar-refractivity contribution in [1.82, 2.24) is 0 Å². The fourth-order valence-corrected chi connectivity index (χ4v) is 11.4. The van der Waals surface area contributed by atoms with Crippen LogP contribution in [0.15, 0.2) is 212 Å². The second kappa shape index (κ2) is 24.2. The monoisotopic (exact) mass is 934 g/mol. The third kappa shape index (κ3) is 11.6. The van der Waals surface area contributed by atoms with Gasteiger partial charge >= 0.3 is 0 Å². The van der Waals surface area contributed by atoms with Crippen LogP contribution in [0.4, 0.5) is 0 Å². The van der Waals surface area contributed by atoms with Crippen LogP contribution in [0.2, 0.25) is 0 Å². The van der Waals surface area contributed by atoms with Crippen LogP contribution < -0.4 is 44.2 Å². The van der Waals surface area contributed by atoms with Crippen LogP contribution in [-0.4, -0.2) is 0 Å². The summed E-state index contributed by atoms with van der Waals surface area (Å²) in [6.45, 7) is 0. The maximum Gasteiger partial charge on any atom is 0.189 e. The van der Waals surface area contributed by atoms with E-state index in [2.05, 4.69) is 194 Å². The molecular formula is C53H39ClN4P2Pd-. The van der Waals surface area contributed by atoms with Crippen molar-refractivity contribution in [1.29, 1.82) is 21.0 Å². The summed E-state index contributed by atoms with van der Waals surface area (Å²) in [5.74, 6) is 5.03. The Morgan fingerprint density at radius 1 is 0.393 bits per heavy atom. The van der Waals surface area contributed by atoms with Gasteiger partial charge in [0.2, 0.25) is 0 Å². The summed E-state index contributed by atoms with van der Waals surface area (Å²) in [6, 6.07) is 81.2. The minimum atomic E-state index is -1.75. The molecule has 299 valence electrons. The average molecular weight is 936 g/mol. The van der Waals surface area contributed by atoms with Crippen molar-refractivity contribution < 1.29 is 32.8 Å². The maximum atomic E-state index is 9.42. The molecule has 0 aliphatic heterocycles. The molecule has 0 bridgehead atoms. The van der Waals surface area contributed by atoms with Gasteiger partial charge in [0.25, 0.3) is 0 Å². The van der Waals surface area contributed by atoms with Crippen LogP contribution in [0.1, 0.15) is 12.0 Å². The van der Waals surface area contributed by atoms with Crippen molar-refractivity contribution in [3.63, 3.8) is 0 Å². The minimum Gasteiger partial charge on any atom is -1.00 e. The van der Waals surface area contributed by atoms with E-state index in [9.17, 15) is 21.0 Å². The quantitative estimate of drug-likeness (QED) is 0.113. The van der Waals surface area contributed by atoms with Crippen molar-refractivity contribution >= 4 is 47.7 Å². The van der Waals surface area contributed by atoms with Gasteiger partial charge in [-0.15, -0.1) is 0 Å². The summed E-state index contributed by atoms with van der Waals surface area (Å²) in [6.07, 6.45) is 1.68. The molecule has 0 spiro atoms. The first-order valence-electron chi connectivity index (χ1n) is 19.0. The van der Waals surface area contributed by atoms with E-state index in [4.69, 9.17) is 0 Å². The molecule has 1 aliphatic carbocycles. The van der Waals surface area contributed by atoms with Crippen LogP contribution in [0.3, 0.4) is 0 Å². The predicted molar refractivity (Wildman–Crippen MR) is 243 cm³/mol. The largest absolute Gasteiger partial charge is 1.00 e. The van der Waals surface area contributed by atoms with Crippen LogP contribution >= 0.6 is 15.8 Å². The summed E-state index contributed by atoms with van der Waals surface area (Å²) in [5, 5.41) is 45.8. The third-order valence-electron chi connectivity index (χ3n) is 9.77. The molecule has 0 amide bonds. The standard InChI is InChI=1S/2C18H15P.C17H9N4.ClH.Pd/c2*1-4-10-16(11-5-1)19(17-12-6-2-7-13-17)18-14-8-3-9-15-18;18-10-16(11-19)9-8-15(17(16,12-20)13-21)7-6-14-4-2-1-3-5-14;;/h2*1-15H;1-5,8,15H,9H2;1H;/p-1. The summed E-state index contributed by atoms with van der Waals surface area (Å²) in [4.78, 5) is 0. The molecule has 8 rings (SSSR count). The van der Waals surface area contributed by atoms with Crippen LogP contribution in [0.5, 0.6) is 0 Å². The van der Waals surface area contributed by atoms with Gasteiger partial charge in [0, 0.05) is 26.0 Å². The van der Waals surface area contributed by atoms with E-state index in [1.807, 2.05) is 54.6 Å². The Bertz CT molecular complexity index is 2280. The van der Waals surface area contributed by atoms with Crippen molar-refractivity contribution in [2.24, 2.45) is 16.7 Å². The van der Waals surface area contributed by atoms with Gasteiger partial charge in [-0.1, -0.05) is 212 Å². The first kappa shape index (κ1) is 47.5. The molecule has 8 heteroatoms. The molecule has 7 aromatic rings. The van der Waals surface area contributed by atoms with Gasteiger partial charge in [0.1, 0.15) is 0 Å². The molecule has 0 saturated heterocycles. The Labute approximate surface area is 382 Å². The number of halogens is 1. The number of rotatable bonds is 6. The minimum absolute atomic E-state index is 0. The van der Waals surface area contributed by atoms with Crippen LogP contribution in [0, 0.1) is 80.3 Å². The van der Waals surface area contributed by atoms with E-state index in [1.165, 1.54) is 31.8 Å². The van der Waals surface area contributed by atoms with Gasteiger partial charge in [-0.25, -0.2) is 0 Å². The molecule has 0 aromatic heterocycles. The zero-order valence-electron chi connectivity index (χ0n) is 32.9. The Kier molecular flexibility index (Phi) is 18.9. The first-order chi connectivity index (χ1) is 29.1. The topological polar surface area (TPSA) is 95.2 Å². The van der Waals surface area contributed by atoms with Crippen molar-refractivity contribution in [3.05, 3.63) is 224 Å². The summed E-state index contributed by atoms with van der Waals surface area (Å²) < 4.78 is 0. The Hall–Kier alpha value is -6.13. The number of benzene rings is 7. The average Bonchev–Trinajstić information content (AvgIpc) is 3.65. The molecule has 1 atom stereocenters. The molecule has 1 radical (unpaired) electrons. The predicted octanol–water partition coefficient (Wildman–Crippen LogP) is 6.22. The second-order valence-electron chi connectivity index (χ2n) is 13.4. The smallest absolute Gasteiger partial charge is 0.189 e. The van der Waals surface area contributed by atoms with Gasteiger partial charge < -0.3 is 12.4 Å². The van der Waals surface area contributed by atoms with E-state index in [1.54, 1.807) is 6.42 Å². The Morgan fingerprint density at radius 2 is 0.656 bits per heavy atom. The van der Waals surface area contributed by atoms with Gasteiger partial charge in [-0.3, -0.25) is 0 Å². The summed E-state index contributed by atoms with van der Waals surface area (Å²) >= 11 is 0. The van der Waals surface area contributed by atoms with E-state index < -0.39 is 32.6 Å². The SMILES string of the molecule is N#CC1(C#N)C[CH]C(C#Cc2ccccc2)C1(C#N)C#N.[Cl-].[Pd].c1ccc(P(c2ccccc2)c2ccccc2)cc1.c1ccc(P(c2ccccc2)c2ccccc2)cc1. The molecule has 1 unspecified atom stereocenters. The molecule has 4 nitrogen and oxygen atoms in total.